The number of rotatable bonds is 26. The Bertz CT molecular complexity index is 3850. The Labute approximate surface area is 525 Å². The molecule has 0 saturated carbocycles. The van der Waals surface area contributed by atoms with Crippen molar-refractivity contribution < 1.29 is 49.1 Å². The predicted molar refractivity (Wildman–Crippen MR) is 351 cm³/mol. The molecule has 8 bridgehead atoms. The number of aryl methyl sites for hydroxylation is 2. The Morgan fingerprint density at radius 1 is 0.471 bits per heavy atom. The number of aromatic carboxylic acids is 1. The van der Waals surface area contributed by atoms with E-state index in [-0.39, 0.29) is 36.5 Å². The van der Waals surface area contributed by atoms with Crippen molar-refractivity contribution in [2.45, 2.75) is 130 Å². The van der Waals surface area contributed by atoms with Gasteiger partial charge in [0.2, 0.25) is 0 Å². The van der Waals surface area contributed by atoms with Crippen molar-refractivity contribution in [3.05, 3.63) is 184 Å². The number of aromatic hydroxyl groups is 2. The van der Waals surface area contributed by atoms with Crippen LogP contribution in [0.2, 0.25) is 0 Å². The summed E-state index contributed by atoms with van der Waals surface area (Å²) in [6.07, 6.45) is 24.8. The van der Waals surface area contributed by atoms with E-state index in [0.717, 1.165) is 75.6 Å². The topological polar surface area (TPSA) is 153 Å². The first-order valence-electron chi connectivity index (χ1n) is 31.0. The van der Waals surface area contributed by atoms with Crippen LogP contribution in [0, 0.1) is 11.8 Å². The van der Waals surface area contributed by atoms with Crippen LogP contribution in [0.5, 0.6) is 23.0 Å². The van der Waals surface area contributed by atoms with Gasteiger partial charge in [-0.1, -0.05) is 164 Å². The summed E-state index contributed by atoms with van der Waals surface area (Å²) in [6, 6.07) is 42.6. The number of fused-ring (bicyclic) bond motifs is 8. The van der Waals surface area contributed by atoms with Crippen LogP contribution in [-0.2, 0) is 32.3 Å². The first-order chi connectivity index (χ1) is 42.2. The molecule has 0 aliphatic carbocycles. The van der Waals surface area contributed by atoms with Crippen LogP contribution in [0.15, 0.2) is 133 Å². The van der Waals surface area contributed by atoms with Gasteiger partial charge in [0.05, 0.1) is 58.4 Å². The Hall–Kier alpha value is -8.65. The number of hydrogen-bond donors (Lipinski definition) is 3. The van der Waals surface area contributed by atoms with Gasteiger partial charge in [0, 0.05) is 33.6 Å². The Kier molecular flexibility index (Phi) is 22.1. The molecule has 0 fully saturated rings. The van der Waals surface area contributed by atoms with Crippen LogP contribution in [0.3, 0.4) is 0 Å². The maximum absolute atomic E-state index is 12.2. The third kappa shape index (κ3) is 15.1. The van der Waals surface area contributed by atoms with Gasteiger partial charge in [-0.15, -0.1) is 22.1 Å². The molecule has 0 unspecified atom stereocenters. The minimum Gasteiger partial charge on any atom is -0.656 e. The largest absolute Gasteiger partial charge is 2.00 e. The van der Waals surface area contributed by atoms with Crippen LogP contribution in [0.25, 0.3) is 68.6 Å². The normalized spacial score (nSPS) is 11.5. The third-order valence-corrected chi connectivity index (χ3v) is 15.8. The van der Waals surface area contributed by atoms with E-state index < -0.39 is 5.97 Å². The van der Waals surface area contributed by atoms with Crippen molar-refractivity contribution >= 4 is 69.4 Å². The van der Waals surface area contributed by atoms with Gasteiger partial charge < -0.3 is 39.7 Å². The van der Waals surface area contributed by atoms with E-state index in [1.165, 1.54) is 61.8 Å². The van der Waals surface area contributed by atoms with Crippen molar-refractivity contribution in [1.29, 1.82) is 0 Å². The molecule has 12 heteroatoms. The van der Waals surface area contributed by atoms with Gasteiger partial charge in [0.15, 0.2) is 0 Å². The third-order valence-electron chi connectivity index (χ3n) is 15.8. The number of carbonyl (C=O) groups is 1. The average Bonchev–Trinajstić information content (AvgIpc) is 2.53. The smallest absolute Gasteiger partial charge is 0.656 e. The molecule has 8 aromatic rings. The molecule has 11 nitrogen and oxygen atoms in total. The molecule has 10 rings (SSSR count). The Morgan fingerprint density at radius 3 is 1.43 bits per heavy atom. The predicted octanol–water partition coefficient (Wildman–Crippen LogP) is 18.6. The number of hydrogen-bond acceptors (Lipinski definition) is 8. The molecule has 440 valence electrons. The summed E-state index contributed by atoms with van der Waals surface area (Å²) >= 11 is 0. The van der Waals surface area contributed by atoms with Gasteiger partial charge in [0.25, 0.3) is 0 Å². The molecular weight excluding hydrogens is 1130 g/mol. The minimum absolute atomic E-state index is 0. The summed E-state index contributed by atoms with van der Waals surface area (Å²) in [5.74, 6) is 6.63. The summed E-state index contributed by atoms with van der Waals surface area (Å²) in [6.45, 7) is 9.68. The zero-order valence-electron chi connectivity index (χ0n) is 50.7. The number of unbranched alkanes of at least 4 members (excludes halogenated alkanes) is 10. The molecule has 3 aromatic heterocycles. The molecule has 0 spiro atoms. The number of phenols is 2. The summed E-state index contributed by atoms with van der Waals surface area (Å²) in [7, 11) is 0. The van der Waals surface area contributed by atoms with Crippen LogP contribution in [0.4, 0.5) is 17.1 Å². The van der Waals surface area contributed by atoms with Gasteiger partial charge in [-0.25, -0.2) is 14.8 Å². The molecular formula is C75H77N5O6Zn. The number of anilines is 3. The van der Waals surface area contributed by atoms with Gasteiger partial charge in [0.1, 0.15) is 23.0 Å². The zero-order chi connectivity index (χ0) is 59.8. The van der Waals surface area contributed by atoms with Crippen LogP contribution >= 0.6 is 0 Å². The van der Waals surface area contributed by atoms with Crippen molar-refractivity contribution in [3.63, 3.8) is 0 Å². The maximum Gasteiger partial charge on any atom is 2.00 e. The van der Waals surface area contributed by atoms with E-state index in [4.69, 9.17) is 29.4 Å². The molecule has 0 amide bonds. The molecule has 5 heterocycles. The van der Waals surface area contributed by atoms with Gasteiger partial charge in [-0.05, 0) is 147 Å². The van der Waals surface area contributed by atoms with Crippen LogP contribution in [0.1, 0.15) is 173 Å². The number of aromatic nitrogens is 4. The average molecular weight is 1210 g/mol. The van der Waals surface area contributed by atoms with E-state index in [1.54, 1.807) is 36.4 Å². The number of benzene rings is 5. The summed E-state index contributed by atoms with van der Waals surface area (Å²) in [4.78, 5) is 36.1. The molecule has 2 aliphatic rings. The fraction of sp³-hybridized carbons (Fsp3) is 0.293. The number of ether oxygens (including phenoxy) is 2. The molecule has 3 N–H and O–H groups in total. The fourth-order valence-electron chi connectivity index (χ4n) is 11.2. The molecule has 87 heavy (non-hydrogen) atoms. The molecule has 2 aliphatic heterocycles. The van der Waals surface area contributed by atoms with Crippen molar-refractivity contribution in [1.82, 2.24) is 19.9 Å². The standard InChI is InChI=1S/C75H78N5O6.Zn/c1-5-9-13-15-21-51-29-36-55(37-30-51)80(56-38-31-52(32-39-56)22-16-14-10-6-2)74-64-47-45-62(78-64)70(72-66(81)23-19-25-68(72)85-49-17-11-7-3)60-43-41-58(76-60)57(40-33-53-27-34-54(35-28-53)75(83)84)59-42-44-61(77-59)71(63-46-48-65(74)79-63)73-67(82)24-20-26-69(73)86-50-18-12-8-4;/h19-20,23-32,34-39,41-48H,5-18,21-22,49-50H2,1-4H3,(H4-,76,77,78,79,81,82,83,84);/q-1;+2/p-1. The fourth-order valence-corrected chi connectivity index (χ4v) is 11.2. The maximum atomic E-state index is 12.2. The van der Waals surface area contributed by atoms with E-state index in [0.29, 0.717) is 109 Å². The number of carboxylic acids is 1. The Balaban J connectivity index is 0.00000902. The molecule has 0 atom stereocenters. The molecule has 0 radical (unpaired) electrons. The van der Waals surface area contributed by atoms with Crippen LogP contribution < -0.4 is 24.3 Å². The first kappa shape index (κ1) is 62.9. The van der Waals surface area contributed by atoms with E-state index >= 15 is 0 Å². The van der Waals surface area contributed by atoms with E-state index in [1.807, 2.05) is 60.7 Å². The second kappa shape index (κ2) is 30.6. The van der Waals surface area contributed by atoms with E-state index in [9.17, 15) is 20.1 Å². The minimum atomic E-state index is -1.03. The van der Waals surface area contributed by atoms with Crippen molar-refractivity contribution in [3.8, 4) is 57.1 Å². The van der Waals surface area contributed by atoms with Gasteiger partial charge in [-0.3, -0.25) is 0 Å². The first-order valence-corrected chi connectivity index (χ1v) is 31.0. The summed E-state index contributed by atoms with van der Waals surface area (Å²) in [5, 5.41) is 34.0. The van der Waals surface area contributed by atoms with Gasteiger partial charge >= 0.3 is 25.4 Å². The summed E-state index contributed by atoms with van der Waals surface area (Å²) in [5.41, 5.74) is 12.6. The van der Waals surface area contributed by atoms with Crippen molar-refractivity contribution in [2.75, 3.05) is 18.1 Å². The second-order valence-electron chi connectivity index (χ2n) is 22.2. The van der Waals surface area contributed by atoms with Gasteiger partial charge in [-0.2, -0.15) is 0 Å². The quantitative estimate of drug-likeness (QED) is 0.0270. The van der Waals surface area contributed by atoms with Crippen molar-refractivity contribution in [2.24, 2.45) is 0 Å². The number of phenolic OH excluding ortho intramolecular Hbond substituents is 2. The molecule has 0 saturated heterocycles. The van der Waals surface area contributed by atoms with Crippen LogP contribution in [-0.4, -0.2) is 44.5 Å². The monoisotopic (exact) mass is 1210 g/mol. The SMILES string of the molecule is CCCCCCc1ccc(N(c2ccc(CCCCCC)cc2)c2c3nc(c(-c4c(O)cccc4OCCCCC)c4ccc([n-]4)c(C#Cc4ccc(C(=O)O)cc4)c4nc(c(-c5c(O)cccc5OCCCCC)c5ccc2[n-]5)C=C4)C=C3)cc1.[Zn+2]. The molecule has 5 aromatic carbocycles. The Morgan fingerprint density at radius 2 is 0.920 bits per heavy atom. The van der Waals surface area contributed by atoms with E-state index in [2.05, 4.69) is 93.0 Å². The second-order valence-corrected chi connectivity index (χ2v) is 22.2. The zero-order valence-corrected chi connectivity index (χ0v) is 53.7. The number of carboxylic acid groups (broad SMARTS) is 1. The summed E-state index contributed by atoms with van der Waals surface area (Å²) < 4.78 is 13.2. The number of nitrogens with zero attached hydrogens (tertiary/aromatic N) is 5.